The Hall–Kier alpha value is -3.19. The number of primary amides is 1. The third-order valence-corrected chi connectivity index (χ3v) is 5.46. The van der Waals surface area contributed by atoms with Crippen LogP contribution in [0.1, 0.15) is 28.4 Å². The van der Waals surface area contributed by atoms with Crippen molar-refractivity contribution in [3.05, 3.63) is 76.7 Å². The molecule has 1 fully saturated rings. The highest BCUT2D eigenvalue weighted by molar-refractivity contribution is 6.30. The minimum atomic E-state index is -0.554. The number of nitrogens with one attached hydrogen (secondary N) is 1. The summed E-state index contributed by atoms with van der Waals surface area (Å²) in [5.41, 5.74) is 7.10. The topological polar surface area (TPSA) is 92.1 Å². The van der Waals surface area contributed by atoms with Gasteiger partial charge in [-0.15, -0.1) is 0 Å². The van der Waals surface area contributed by atoms with E-state index < -0.39 is 23.7 Å². The van der Waals surface area contributed by atoms with Crippen LogP contribution in [0.5, 0.6) is 0 Å². The highest BCUT2D eigenvalue weighted by atomic mass is 35.5. The number of benzene rings is 2. The van der Waals surface area contributed by atoms with Gasteiger partial charge in [-0.2, -0.15) is 5.10 Å². The van der Waals surface area contributed by atoms with E-state index in [1.165, 1.54) is 12.3 Å². The predicted octanol–water partition coefficient (Wildman–Crippen LogP) is 3.56. The SMILES string of the molecule is NC(=O)C1CCN(C(=O)c2cn[nH]c2-c2ccccc2F)C1c1cccc(Cl)c1. The van der Waals surface area contributed by atoms with Crippen LogP contribution in [0.15, 0.2) is 54.7 Å². The molecule has 1 aliphatic rings. The normalized spacial score (nSPS) is 18.8. The van der Waals surface area contributed by atoms with E-state index in [4.69, 9.17) is 17.3 Å². The van der Waals surface area contributed by atoms with Gasteiger partial charge in [0.25, 0.3) is 5.91 Å². The summed E-state index contributed by atoms with van der Waals surface area (Å²) in [5.74, 6) is -1.84. The average Bonchev–Trinajstić information content (AvgIpc) is 3.35. The number of likely N-dealkylation sites (tertiary alicyclic amines) is 1. The molecule has 148 valence electrons. The van der Waals surface area contributed by atoms with Crippen molar-refractivity contribution in [3.63, 3.8) is 0 Å². The maximum absolute atomic E-state index is 14.3. The molecule has 0 radical (unpaired) electrons. The summed E-state index contributed by atoms with van der Waals surface area (Å²) >= 11 is 6.12. The lowest BCUT2D eigenvalue weighted by molar-refractivity contribution is -0.122. The Morgan fingerprint density at radius 3 is 2.72 bits per heavy atom. The molecule has 2 unspecified atom stereocenters. The van der Waals surface area contributed by atoms with Crippen molar-refractivity contribution in [2.75, 3.05) is 6.54 Å². The zero-order valence-corrected chi connectivity index (χ0v) is 16.1. The summed E-state index contributed by atoms with van der Waals surface area (Å²) in [7, 11) is 0. The molecule has 3 N–H and O–H groups in total. The van der Waals surface area contributed by atoms with Crippen molar-refractivity contribution >= 4 is 23.4 Å². The lowest BCUT2D eigenvalue weighted by atomic mass is 9.93. The monoisotopic (exact) mass is 412 g/mol. The molecule has 1 saturated heterocycles. The first-order chi connectivity index (χ1) is 14.0. The van der Waals surface area contributed by atoms with Crippen molar-refractivity contribution in [1.82, 2.24) is 15.1 Å². The Morgan fingerprint density at radius 2 is 2.00 bits per heavy atom. The van der Waals surface area contributed by atoms with Gasteiger partial charge in [-0.3, -0.25) is 14.7 Å². The molecule has 1 aliphatic heterocycles. The van der Waals surface area contributed by atoms with E-state index in [1.807, 2.05) is 6.07 Å². The number of amides is 2. The van der Waals surface area contributed by atoms with Crippen LogP contribution in [-0.2, 0) is 4.79 Å². The second-order valence-corrected chi connectivity index (χ2v) is 7.37. The zero-order valence-electron chi connectivity index (χ0n) is 15.3. The maximum atomic E-state index is 14.3. The molecule has 0 spiro atoms. The molecule has 29 heavy (non-hydrogen) atoms. The quantitative estimate of drug-likeness (QED) is 0.686. The van der Waals surface area contributed by atoms with Crippen LogP contribution in [-0.4, -0.2) is 33.5 Å². The fourth-order valence-electron chi connectivity index (χ4n) is 3.89. The molecule has 2 heterocycles. The van der Waals surface area contributed by atoms with Gasteiger partial charge in [-0.05, 0) is 36.2 Å². The minimum absolute atomic E-state index is 0.229. The van der Waals surface area contributed by atoms with Gasteiger partial charge in [-0.1, -0.05) is 35.9 Å². The molecule has 2 aromatic carbocycles. The van der Waals surface area contributed by atoms with Gasteiger partial charge in [0.2, 0.25) is 5.91 Å². The van der Waals surface area contributed by atoms with Crippen molar-refractivity contribution in [1.29, 1.82) is 0 Å². The van der Waals surface area contributed by atoms with Crippen molar-refractivity contribution < 1.29 is 14.0 Å². The predicted molar refractivity (Wildman–Crippen MR) is 107 cm³/mol. The van der Waals surface area contributed by atoms with Crippen LogP contribution in [0.25, 0.3) is 11.3 Å². The number of hydrogen-bond donors (Lipinski definition) is 2. The Kier molecular flexibility index (Phi) is 5.07. The smallest absolute Gasteiger partial charge is 0.258 e. The van der Waals surface area contributed by atoms with Crippen molar-refractivity contribution in [3.8, 4) is 11.3 Å². The van der Waals surface area contributed by atoms with Gasteiger partial charge in [0.15, 0.2) is 0 Å². The molecule has 6 nitrogen and oxygen atoms in total. The summed E-state index contributed by atoms with van der Waals surface area (Å²) in [5, 5.41) is 7.16. The lowest BCUT2D eigenvalue weighted by Crippen LogP contribution is -2.35. The summed E-state index contributed by atoms with van der Waals surface area (Å²) < 4.78 is 14.3. The summed E-state index contributed by atoms with van der Waals surface area (Å²) in [6.07, 6.45) is 1.81. The van der Waals surface area contributed by atoms with E-state index in [0.717, 1.165) is 5.56 Å². The molecule has 1 aromatic heterocycles. The number of carbonyl (C=O) groups excluding carboxylic acids is 2. The number of nitrogens with two attached hydrogens (primary N) is 1. The Morgan fingerprint density at radius 1 is 1.21 bits per heavy atom. The Bertz CT molecular complexity index is 1080. The summed E-state index contributed by atoms with van der Waals surface area (Å²) in [6.45, 7) is 0.339. The molecule has 2 atom stereocenters. The molecule has 0 saturated carbocycles. The van der Waals surface area contributed by atoms with Crippen LogP contribution in [0.3, 0.4) is 0 Å². The first kappa shape index (κ1) is 19.1. The average molecular weight is 413 g/mol. The number of carbonyl (C=O) groups is 2. The molecule has 4 rings (SSSR count). The number of rotatable bonds is 4. The molecule has 2 amide bonds. The largest absolute Gasteiger partial charge is 0.369 e. The Labute approximate surface area is 171 Å². The summed E-state index contributed by atoms with van der Waals surface area (Å²) in [6, 6.07) is 12.6. The number of hydrogen-bond acceptors (Lipinski definition) is 3. The third-order valence-electron chi connectivity index (χ3n) is 5.23. The lowest BCUT2D eigenvalue weighted by Gasteiger charge is -2.28. The highest BCUT2D eigenvalue weighted by Gasteiger charge is 2.42. The van der Waals surface area contributed by atoms with Gasteiger partial charge in [0.05, 0.1) is 29.4 Å². The number of halogens is 2. The van der Waals surface area contributed by atoms with Crippen LogP contribution in [0.4, 0.5) is 4.39 Å². The maximum Gasteiger partial charge on any atom is 0.258 e. The van der Waals surface area contributed by atoms with Gasteiger partial charge in [0, 0.05) is 17.1 Å². The van der Waals surface area contributed by atoms with E-state index >= 15 is 0 Å². The number of aromatic amines is 1. The van der Waals surface area contributed by atoms with Gasteiger partial charge < -0.3 is 10.6 Å². The fraction of sp³-hybridized carbons (Fsp3) is 0.190. The number of H-pyrrole nitrogens is 1. The third kappa shape index (κ3) is 3.49. The molecule has 8 heteroatoms. The minimum Gasteiger partial charge on any atom is -0.369 e. The van der Waals surface area contributed by atoms with Crippen LogP contribution in [0, 0.1) is 11.7 Å². The molecule has 0 bridgehead atoms. The van der Waals surface area contributed by atoms with E-state index in [2.05, 4.69) is 10.2 Å². The number of aromatic nitrogens is 2. The van der Waals surface area contributed by atoms with Crippen LogP contribution in [0.2, 0.25) is 5.02 Å². The van der Waals surface area contributed by atoms with Crippen LogP contribution >= 0.6 is 11.6 Å². The standard InChI is InChI=1S/C21H18ClFN4O2/c22-13-5-3-4-12(10-13)19-15(20(24)28)8-9-27(19)21(29)16-11-25-26-18(16)14-6-1-2-7-17(14)23/h1-7,10-11,15,19H,8-9H2,(H2,24,28)(H,25,26). The van der Waals surface area contributed by atoms with E-state index in [1.54, 1.807) is 41.3 Å². The fourth-order valence-corrected chi connectivity index (χ4v) is 4.09. The van der Waals surface area contributed by atoms with Crippen molar-refractivity contribution in [2.24, 2.45) is 11.7 Å². The van der Waals surface area contributed by atoms with Crippen LogP contribution < -0.4 is 5.73 Å². The second-order valence-electron chi connectivity index (χ2n) is 6.93. The first-order valence-corrected chi connectivity index (χ1v) is 9.49. The highest BCUT2D eigenvalue weighted by Crippen LogP contribution is 2.39. The van der Waals surface area contributed by atoms with Crippen molar-refractivity contribution in [2.45, 2.75) is 12.5 Å². The zero-order chi connectivity index (χ0) is 20.5. The van der Waals surface area contributed by atoms with E-state index in [9.17, 15) is 14.0 Å². The molecule has 0 aliphatic carbocycles. The van der Waals surface area contributed by atoms with Gasteiger partial charge >= 0.3 is 0 Å². The second kappa shape index (κ2) is 7.67. The molecular formula is C21H18ClFN4O2. The molecule has 3 aromatic rings. The summed E-state index contributed by atoms with van der Waals surface area (Å²) in [4.78, 5) is 27.0. The Balaban J connectivity index is 1.74. The van der Waals surface area contributed by atoms with Gasteiger partial charge in [0.1, 0.15) is 5.82 Å². The molecular weight excluding hydrogens is 395 g/mol. The van der Waals surface area contributed by atoms with Gasteiger partial charge in [-0.25, -0.2) is 4.39 Å². The first-order valence-electron chi connectivity index (χ1n) is 9.11. The number of nitrogens with zero attached hydrogens (tertiary/aromatic N) is 2. The van der Waals surface area contributed by atoms with E-state index in [0.29, 0.717) is 23.7 Å². The van der Waals surface area contributed by atoms with E-state index in [-0.39, 0.29) is 17.0 Å².